The number of hydrogen-bond donors (Lipinski definition) is 1. The summed E-state index contributed by atoms with van der Waals surface area (Å²) in [5, 5.41) is 2.76. The number of rotatable bonds is 4. The maximum Gasteiger partial charge on any atom is 0.295 e. The van der Waals surface area contributed by atoms with Gasteiger partial charge in [0, 0.05) is 18.2 Å². The van der Waals surface area contributed by atoms with Crippen LogP contribution in [0.15, 0.2) is 24.3 Å². The summed E-state index contributed by atoms with van der Waals surface area (Å²) in [4.78, 5) is 37.5. The molecule has 0 aromatic heterocycles. The van der Waals surface area contributed by atoms with E-state index in [1.807, 2.05) is 32.9 Å². The normalized spacial score (nSPS) is 11.8. The Morgan fingerprint density at radius 2 is 1.46 bits per heavy atom. The highest BCUT2D eigenvalue weighted by atomic mass is 16.2. The molecule has 0 radical (unpaired) electrons. The molecule has 5 nitrogen and oxygen atoms in total. The van der Waals surface area contributed by atoms with Gasteiger partial charge in [0.25, 0.3) is 5.91 Å². The van der Waals surface area contributed by atoms with E-state index in [4.69, 9.17) is 0 Å². The largest absolute Gasteiger partial charge is 0.350 e. The van der Waals surface area contributed by atoms with Gasteiger partial charge in [-0.3, -0.25) is 14.4 Å². The highest BCUT2D eigenvalue weighted by Crippen LogP contribution is 2.22. The molecule has 1 N–H and O–H groups in total. The van der Waals surface area contributed by atoms with Gasteiger partial charge in [-0.2, -0.15) is 0 Å². The predicted octanol–water partition coefficient (Wildman–Crippen LogP) is 2.54. The van der Waals surface area contributed by atoms with Crippen molar-refractivity contribution in [2.24, 2.45) is 0 Å². The summed E-state index contributed by atoms with van der Waals surface area (Å²) in [6.45, 7) is 11.7. The number of carbonyl (C=O) groups excluding carboxylic acids is 3. The SMILES string of the molecule is CN(CC(=O)NC(C)(C)C)C(=O)C(=O)c1ccc(C(C)(C)C)cc1. The summed E-state index contributed by atoms with van der Waals surface area (Å²) in [6.07, 6.45) is 0. The molecule has 24 heavy (non-hydrogen) atoms. The van der Waals surface area contributed by atoms with Gasteiger partial charge in [-0.05, 0) is 31.7 Å². The average molecular weight is 332 g/mol. The molecule has 0 atom stereocenters. The Labute approximate surface area is 144 Å². The molecule has 0 spiro atoms. The van der Waals surface area contributed by atoms with Crippen molar-refractivity contribution in [3.63, 3.8) is 0 Å². The van der Waals surface area contributed by atoms with Crippen LogP contribution in [0.5, 0.6) is 0 Å². The van der Waals surface area contributed by atoms with Crippen LogP contribution in [0.4, 0.5) is 0 Å². The molecule has 5 heteroatoms. The number of benzene rings is 1. The lowest BCUT2D eigenvalue weighted by molar-refractivity contribution is -0.132. The molecule has 1 aromatic carbocycles. The minimum atomic E-state index is -0.692. The van der Waals surface area contributed by atoms with E-state index in [-0.39, 0.29) is 23.4 Å². The molecule has 132 valence electrons. The average Bonchev–Trinajstić information content (AvgIpc) is 2.42. The maximum absolute atomic E-state index is 12.3. The fraction of sp³-hybridized carbons (Fsp3) is 0.526. The molecule has 0 unspecified atom stereocenters. The molecule has 0 aliphatic rings. The monoisotopic (exact) mass is 332 g/mol. The molecule has 1 rings (SSSR count). The van der Waals surface area contributed by atoms with Crippen molar-refractivity contribution in [1.29, 1.82) is 0 Å². The Balaban J connectivity index is 2.77. The zero-order chi connectivity index (χ0) is 18.7. The smallest absolute Gasteiger partial charge is 0.295 e. The molecule has 0 saturated heterocycles. The van der Waals surface area contributed by atoms with Crippen LogP contribution in [0.25, 0.3) is 0 Å². The first-order chi connectivity index (χ1) is 10.8. The fourth-order valence-electron chi connectivity index (χ4n) is 2.16. The Morgan fingerprint density at radius 1 is 0.958 bits per heavy atom. The molecule has 0 saturated carbocycles. The molecule has 0 fully saturated rings. The molecule has 0 heterocycles. The minimum Gasteiger partial charge on any atom is -0.350 e. The van der Waals surface area contributed by atoms with E-state index < -0.39 is 11.7 Å². The Bertz CT molecular complexity index is 619. The highest BCUT2D eigenvalue weighted by Gasteiger charge is 2.24. The fourth-order valence-corrected chi connectivity index (χ4v) is 2.16. The van der Waals surface area contributed by atoms with Gasteiger partial charge < -0.3 is 10.2 Å². The van der Waals surface area contributed by atoms with Gasteiger partial charge in [0.2, 0.25) is 11.7 Å². The van der Waals surface area contributed by atoms with E-state index in [0.29, 0.717) is 5.56 Å². The lowest BCUT2D eigenvalue weighted by Gasteiger charge is -2.23. The van der Waals surface area contributed by atoms with Crippen molar-refractivity contribution in [3.05, 3.63) is 35.4 Å². The van der Waals surface area contributed by atoms with Crippen LogP contribution in [0.1, 0.15) is 57.5 Å². The first kappa shape index (κ1) is 19.9. The van der Waals surface area contributed by atoms with Crippen LogP contribution in [-0.2, 0) is 15.0 Å². The van der Waals surface area contributed by atoms with Crippen molar-refractivity contribution < 1.29 is 14.4 Å². The van der Waals surface area contributed by atoms with Crippen molar-refractivity contribution >= 4 is 17.6 Å². The quantitative estimate of drug-likeness (QED) is 0.680. The summed E-state index contributed by atoms with van der Waals surface area (Å²) >= 11 is 0. The van der Waals surface area contributed by atoms with Crippen LogP contribution < -0.4 is 5.32 Å². The van der Waals surface area contributed by atoms with Gasteiger partial charge in [-0.25, -0.2) is 0 Å². The van der Waals surface area contributed by atoms with Gasteiger partial charge in [-0.15, -0.1) is 0 Å². The summed E-state index contributed by atoms with van der Waals surface area (Å²) in [7, 11) is 1.45. The number of amides is 2. The predicted molar refractivity (Wildman–Crippen MR) is 95.0 cm³/mol. The zero-order valence-corrected chi connectivity index (χ0v) is 15.7. The number of nitrogens with zero attached hydrogens (tertiary/aromatic N) is 1. The Hall–Kier alpha value is -2.17. The van der Waals surface area contributed by atoms with E-state index in [1.54, 1.807) is 12.1 Å². The van der Waals surface area contributed by atoms with Gasteiger partial charge in [0.1, 0.15) is 0 Å². The topological polar surface area (TPSA) is 66.5 Å². The molecule has 0 aliphatic heterocycles. The number of hydrogen-bond acceptors (Lipinski definition) is 3. The van der Waals surface area contributed by atoms with E-state index in [1.165, 1.54) is 7.05 Å². The van der Waals surface area contributed by atoms with Gasteiger partial charge in [0.15, 0.2) is 0 Å². The third-order valence-corrected chi connectivity index (χ3v) is 3.45. The van der Waals surface area contributed by atoms with Crippen LogP contribution in [0.3, 0.4) is 0 Å². The lowest BCUT2D eigenvalue weighted by Crippen LogP contribution is -2.47. The number of Topliss-reactive ketones (excluding diaryl/α,β-unsaturated/α-hetero) is 1. The molecular formula is C19H28N2O3. The summed E-state index contributed by atoms with van der Waals surface area (Å²) in [5.74, 6) is -1.60. The third-order valence-electron chi connectivity index (χ3n) is 3.45. The van der Waals surface area contributed by atoms with Crippen LogP contribution in [0.2, 0.25) is 0 Å². The molecule has 0 aliphatic carbocycles. The van der Waals surface area contributed by atoms with Gasteiger partial charge in [-0.1, -0.05) is 45.0 Å². The van der Waals surface area contributed by atoms with E-state index in [2.05, 4.69) is 26.1 Å². The first-order valence-electron chi connectivity index (χ1n) is 8.02. The molecule has 0 bridgehead atoms. The Morgan fingerprint density at radius 3 is 1.88 bits per heavy atom. The van der Waals surface area contributed by atoms with E-state index in [9.17, 15) is 14.4 Å². The van der Waals surface area contributed by atoms with Crippen molar-refractivity contribution in [1.82, 2.24) is 10.2 Å². The number of carbonyl (C=O) groups is 3. The first-order valence-corrected chi connectivity index (χ1v) is 8.02. The summed E-state index contributed by atoms with van der Waals surface area (Å²) in [6, 6.07) is 7.02. The summed E-state index contributed by atoms with van der Waals surface area (Å²) in [5.41, 5.74) is 1.02. The molecule has 2 amide bonds. The standard InChI is InChI=1S/C19H28N2O3/c1-18(2,3)14-10-8-13(9-11-14)16(23)17(24)21(7)12-15(22)20-19(4,5)6/h8-11H,12H2,1-7H3,(H,20,22). The second kappa shape index (κ2) is 7.16. The lowest BCUT2D eigenvalue weighted by atomic mass is 9.86. The highest BCUT2D eigenvalue weighted by molar-refractivity contribution is 6.42. The van der Waals surface area contributed by atoms with Crippen LogP contribution in [-0.4, -0.2) is 41.6 Å². The van der Waals surface area contributed by atoms with E-state index in [0.717, 1.165) is 10.5 Å². The summed E-state index contributed by atoms with van der Waals surface area (Å²) < 4.78 is 0. The van der Waals surface area contributed by atoms with Crippen molar-refractivity contribution in [2.75, 3.05) is 13.6 Å². The molecular weight excluding hydrogens is 304 g/mol. The third kappa shape index (κ3) is 5.80. The Kier molecular flexibility index (Phi) is 5.93. The second-order valence-corrected chi connectivity index (χ2v) is 8.12. The van der Waals surface area contributed by atoms with E-state index >= 15 is 0 Å². The second-order valence-electron chi connectivity index (χ2n) is 8.12. The maximum atomic E-state index is 12.3. The van der Waals surface area contributed by atoms with Gasteiger partial charge in [0.05, 0.1) is 6.54 Å². The molecule has 1 aromatic rings. The van der Waals surface area contributed by atoms with Crippen LogP contribution in [0, 0.1) is 0 Å². The van der Waals surface area contributed by atoms with Crippen molar-refractivity contribution in [3.8, 4) is 0 Å². The number of likely N-dealkylation sites (N-methyl/N-ethyl adjacent to an activating group) is 1. The van der Waals surface area contributed by atoms with Gasteiger partial charge >= 0.3 is 0 Å². The number of ketones is 1. The zero-order valence-electron chi connectivity index (χ0n) is 15.7. The van der Waals surface area contributed by atoms with Crippen LogP contribution >= 0.6 is 0 Å². The minimum absolute atomic E-state index is 0.0204. The number of nitrogens with one attached hydrogen (secondary N) is 1. The van der Waals surface area contributed by atoms with Crippen molar-refractivity contribution in [2.45, 2.75) is 52.5 Å².